The van der Waals surface area contributed by atoms with E-state index in [1.165, 1.54) is 42.9 Å². The first-order valence-corrected chi connectivity index (χ1v) is 14.3. The van der Waals surface area contributed by atoms with Crippen LogP contribution in [0.4, 0.5) is 13.2 Å². The number of thioether (sulfide) groups is 1. The van der Waals surface area contributed by atoms with Crippen molar-refractivity contribution < 1.29 is 18.0 Å². The predicted octanol–water partition coefficient (Wildman–Crippen LogP) is 7.89. The van der Waals surface area contributed by atoms with Crippen LogP contribution in [0.15, 0.2) is 59.8 Å². The molecule has 0 spiro atoms. The Morgan fingerprint density at radius 3 is 2.38 bits per heavy atom. The second kappa shape index (κ2) is 11.0. The molecule has 208 valence electrons. The van der Waals surface area contributed by atoms with Crippen molar-refractivity contribution in [1.29, 1.82) is 0 Å². The minimum Gasteiger partial charge on any atom is -0.345 e. The summed E-state index contributed by atoms with van der Waals surface area (Å²) in [5, 5.41) is 1.25. The highest BCUT2D eigenvalue weighted by atomic mass is 35.5. The molecule has 1 unspecified atom stereocenters. The van der Waals surface area contributed by atoms with E-state index in [1.54, 1.807) is 12.1 Å². The van der Waals surface area contributed by atoms with Crippen molar-refractivity contribution in [2.75, 3.05) is 14.1 Å². The third-order valence-corrected chi connectivity index (χ3v) is 8.94. The monoisotopic (exact) mass is 583 g/mol. The molecule has 0 saturated heterocycles. The molecule has 9 heteroatoms. The summed E-state index contributed by atoms with van der Waals surface area (Å²) in [7, 11) is 3.05. The van der Waals surface area contributed by atoms with Gasteiger partial charge < -0.3 is 4.90 Å². The molecular formula is C31H29ClF3N3OS. The van der Waals surface area contributed by atoms with Gasteiger partial charge in [0.2, 0.25) is 0 Å². The maximum absolute atomic E-state index is 15.0. The van der Waals surface area contributed by atoms with Gasteiger partial charge in [0.15, 0.2) is 5.16 Å². The average Bonchev–Trinajstić information content (AvgIpc) is 3.29. The van der Waals surface area contributed by atoms with Crippen molar-refractivity contribution in [3.63, 3.8) is 0 Å². The van der Waals surface area contributed by atoms with Crippen LogP contribution < -0.4 is 0 Å². The molecule has 1 aromatic heterocycles. The molecule has 40 heavy (non-hydrogen) atoms. The molecule has 3 aromatic carbocycles. The van der Waals surface area contributed by atoms with Gasteiger partial charge in [0.1, 0.15) is 17.5 Å². The van der Waals surface area contributed by atoms with Crippen molar-refractivity contribution in [2.45, 2.75) is 49.4 Å². The molecule has 0 radical (unpaired) electrons. The first kappa shape index (κ1) is 28.3. The molecule has 1 aliphatic carbocycles. The van der Waals surface area contributed by atoms with Crippen molar-refractivity contribution in [2.24, 2.45) is 0 Å². The van der Waals surface area contributed by atoms with Crippen LogP contribution in [0.25, 0.3) is 5.69 Å². The van der Waals surface area contributed by atoms with Gasteiger partial charge >= 0.3 is 0 Å². The van der Waals surface area contributed by atoms with Gasteiger partial charge in [0.05, 0.1) is 11.4 Å². The number of fused-ring (bicyclic) bond motifs is 1. The Kier molecular flexibility index (Phi) is 7.77. The normalized spacial score (nSPS) is 16.6. The van der Waals surface area contributed by atoms with Gasteiger partial charge in [-0.25, -0.2) is 18.2 Å². The summed E-state index contributed by atoms with van der Waals surface area (Å²) in [4.78, 5) is 18.5. The summed E-state index contributed by atoms with van der Waals surface area (Å²) < 4.78 is 46.0. The van der Waals surface area contributed by atoms with E-state index in [0.29, 0.717) is 15.9 Å². The zero-order chi connectivity index (χ0) is 28.8. The number of rotatable bonds is 6. The lowest BCUT2D eigenvalue weighted by molar-refractivity contribution is 0.0826. The van der Waals surface area contributed by atoms with Crippen LogP contribution in [0.1, 0.15) is 58.2 Å². The summed E-state index contributed by atoms with van der Waals surface area (Å²) in [6, 6.07) is 14.3. The van der Waals surface area contributed by atoms with Gasteiger partial charge in [-0.2, -0.15) is 0 Å². The Morgan fingerprint density at radius 2 is 1.75 bits per heavy atom. The molecule has 1 heterocycles. The predicted molar refractivity (Wildman–Crippen MR) is 153 cm³/mol. The van der Waals surface area contributed by atoms with E-state index >= 15 is 8.78 Å². The Hall–Kier alpha value is -3.23. The van der Waals surface area contributed by atoms with Crippen molar-refractivity contribution in [3.8, 4) is 5.69 Å². The highest BCUT2D eigenvalue weighted by Crippen LogP contribution is 2.46. The lowest BCUT2D eigenvalue weighted by Gasteiger charge is -2.36. The molecule has 0 saturated carbocycles. The minimum atomic E-state index is -0.788. The fourth-order valence-electron chi connectivity index (χ4n) is 5.37. The maximum atomic E-state index is 15.0. The zero-order valence-electron chi connectivity index (χ0n) is 22.7. The third kappa shape index (κ3) is 5.15. The molecular weight excluding hydrogens is 555 g/mol. The van der Waals surface area contributed by atoms with Crippen LogP contribution >= 0.6 is 23.4 Å². The van der Waals surface area contributed by atoms with Crippen LogP contribution in [0.2, 0.25) is 5.02 Å². The SMILES string of the molecule is Cc1cc(C2(C)CCCc3nc(SCc4c(F)cc(C(=O)N(C)C)cc4F)n(-c4ccc(F)cc4)c32)ccc1Cl. The van der Waals surface area contributed by atoms with Crippen molar-refractivity contribution in [3.05, 3.63) is 111 Å². The van der Waals surface area contributed by atoms with E-state index in [1.807, 2.05) is 23.6 Å². The number of aryl methyl sites for hydroxylation is 2. The van der Waals surface area contributed by atoms with Gasteiger partial charge in [0.25, 0.3) is 5.91 Å². The van der Waals surface area contributed by atoms with Gasteiger partial charge in [-0.1, -0.05) is 35.5 Å². The number of nitrogens with zero attached hydrogens (tertiary/aromatic N) is 3. The van der Waals surface area contributed by atoms with Gasteiger partial charge in [-0.15, -0.1) is 0 Å². The Morgan fingerprint density at radius 1 is 1.07 bits per heavy atom. The van der Waals surface area contributed by atoms with E-state index in [-0.39, 0.29) is 22.7 Å². The number of hydrogen-bond acceptors (Lipinski definition) is 3. The first-order chi connectivity index (χ1) is 19.0. The fourth-order valence-corrected chi connectivity index (χ4v) is 6.53. The minimum absolute atomic E-state index is 0.0397. The number of amides is 1. The summed E-state index contributed by atoms with van der Waals surface area (Å²) in [5.74, 6) is -2.46. The smallest absolute Gasteiger partial charge is 0.253 e. The second-order valence-electron chi connectivity index (χ2n) is 10.6. The molecule has 1 amide bonds. The topological polar surface area (TPSA) is 38.1 Å². The maximum Gasteiger partial charge on any atom is 0.253 e. The summed E-state index contributed by atoms with van der Waals surface area (Å²) in [6.07, 6.45) is 2.53. The van der Waals surface area contributed by atoms with Crippen molar-refractivity contribution in [1.82, 2.24) is 14.5 Å². The van der Waals surface area contributed by atoms with E-state index in [4.69, 9.17) is 16.6 Å². The van der Waals surface area contributed by atoms with E-state index in [0.717, 1.165) is 53.9 Å². The molecule has 5 rings (SSSR count). The highest BCUT2D eigenvalue weighted by molar-refractivity contribution is 7.98. The van der Waals surface area contributed by atoms with E-state index in [2.05, 4.69) is 13.0 Å². The van der Waals surface area contributed by atoms with Crippen LogP contribution in [-0.2, 0) is 17.6 Å². The highest BCUT2D eigenvalue weighted by Gasteiger charge is 2.39. The van der Waals surface area contributed by atoms with Crippen molar-refractivity contribution >= 4 is 29.3 Å². The molecule has 4 aromatic rings. The lowest BCUT2D eigenvalue weighted by Crippen LogP contribution is -2.31. The number of halogens is 4. The Labute approximate surface area is 241 Å². The van der Waals surface area contributed by atoms with Crippen LogP contribution in [-0.4, -0.2) is 34.5 Å². The quantitative estimate of drug-likeness (QED) is 0.217. The summed E-state index contributed by atoms with van der Waals surface area (Å²) in [6.45, 7) is 4.14. The molecule has 1 aliphatic rings. The number of hydrogen-bond donors (Lipinski definition) is 0. The molecule has 1 atom stereocenters. The molecule has 0 aliphatic heterocycles. The number of benzene rings is 3. The standard InChI is InChI=1S/C31H29ClF3N3OS/c1-18-14-20(7-12-24(18)32)31(2)13-5-6-27-28(31)38(22-10-8-21(33)9-11-22)30(36-27)40-17-23-25(34)15-19(16-26(23)35)29(39)37(3)4/h7-12,14-16H,5-6,13,17H2,1-4H3. The Balaban J connectivity index is 1.60. The summed E-state index contributed by atoms with van der Waals surface area (Å²) in [5.41, 5.74) is 4.04. The number of aromatic nitrogens is 2. The average molecular weight is 584 g/mol. The van der Waals surface area contributed by atoms with Crippen LogP contribution in [0.3, 0.4) is 0 Å². The number of imidazole rings is 1. The van der Waals surface area contributed by atoms with Gasteiger partial charge in [-0.05, 0) is 86.7 Å². The van der Waals surface area contributed by atoms with Crippen LogP contribution in [0.5, 0.6) is 0 Å². The second-order valence-corrected chi connectivity index (χ2v) is 11.9. The fraction of sp³-hybridized carbons (Fsp3) is 0.290. The third-order valence-electron chi connectivity index (χ3n) is 7.55. The Bertz CT molecular complexity index is 1580. The molecule has 0 bridgehead atoms. The largest absolute Gasteiger partial charge is 0.345 e. The van der Waals surface area contributed by atoms with Crippen LogP contribution in [0, 0.1) is 24.4 Å². The number of carbonyl (C=O) groups excluding carboxylic acids is 1. The molecule has 0 N–H and O–H groups in total. The van der Waals surface area contributed by atoms with Gasteiger partial charge in [0, 0.05) is 47.1 Å². The number of carbonyl (C=O) groups is 1. The van der Waals surface area contributed by atoms with E-state index < -0.39 is 23.0 Å². The van der Waals surface area contributed by atoms with Gasteiger partial charge in [-0.3, -0.25) is 9.36 Å². The van der Waals surface area contributed by atoms with E-state index in [9.17, 15) is 9.18 Å². The molecule has 4 nitrogen and oxygen atoms in total. The first-order valence-electron chi connectivity index (χ1n) is 13.0. The summed E-state index contributed by atoms with van der Waals surface area (Å²) >= 11 is 7.54. The zero-order valence-corrected chi connectivity index (χ0v) is 24.3. The lowest BCUT2D eigenvalue weighted by atomic mass is 9.71. The molecule has 0 fully saturated rings.